The minimum absolute atomic E-state index is 0.232. The lowest BCUT2D eigenvalue weighted by molar-refractivity contribution is -0.171. The van der Waals surface area contributed by atoms with Crippen LogP contribution in [0.4, 0.5) is 0 Å². The Morgan fingerprint density at radius 2 is 0.600 bits per heavy atom. The molecular formula is C49H96O6. The quantitative estimate of drug-likeness (QED) is 0.0452. The molecule has 55 heavy (non-hydrogen) atoms. The van der Waals surface area contributed by atoms with Crippen molar-refractivity contribution in [1.82, 2.24) is 0 Å². The van der Waals surface area contributed by atoms with Crippen molar-refractivity contribution in [3.63, 3.8) is 0 Å². The summed E-state index contributed by atoms with van der Waals surface area (Å²) in [6.07, 6.45) is 46.4. The zero-order valence-corrected chi connectivity index (χ0v) is 37.6. The molecular weight excluding hydrogens is 685 g/mol. The molecule has 0 aliphatic heterocycles. The van der Waals surface area contributed by atoms with Crippen LogP contribution in [0, 0.1) is 5.41 Å². The van der Waals surface area contributed by atoms with Crippen molar-refractivity contribution >= 4 is 11.9 Å². The molecule has 6 heteroatoms. The Morgan fingerprint density at radius 3 is 0.891 bits per heavy atom. The van der Waals surface area contributed by atoms with Crippen LogP contribution in [0.25, 0.3) is 0 Å². The molecule has 0 bridgehead atoms. The van der Waals surface area contributed by atoms with Crippen molar-refractivity contribution in [3.8, 4) is 0 Å². The van der Waals surface area contributed by atoms with Crippen molar-refractivity contribution in [2.45, 2.75) is 259 Å². The fraction of sp³-hybridized carbons (Fsp3) is 0.959. The van der Waals surface area contributed by atoms with E-state index >= 15 is 0 Å². The van der Waals surface area contributed by atoms with Gasteiger partial charge in [-0.05, 0) is 26.2 Å². The van der Waals surface area contributed by atoms with Crippen molar-refractivity contribution in [2.24, 2.45) is 5.41 Å². The van der Waals surface area contributed by atoms with Crippen LogP contribution >= 0.6 is 0 Å². The zero-order valence-electron chi connectivity index (χ0n) is 37.6. The van der Waals surface area contributed by atoms with Gasteiger partial charge in [-0.15, -0.1) is 0 Å². The standard InChI is InChI=1S/C49H96O6/c1-5-8-11-14-17-20-23-25-27-30-33-36-39-42-53-46-49(4,45-52-41-38-35-32-29-26-22-19-16-13-10-7-3)48(51)55-44-47(50)54-43-40-37-34-31-28-24-21-18-15-12-9-6-2/h5-46H2,1-4H3. The van der Waals surface area contributed by atoms with Gasteiger partial charge in [0.1, 0.15) is 5.41 Å². The summed E-state index contributed by atoms with van der Waals surface area (Å²) in [6, 6.07) is 0. The van der Waals surface area contributed by atoms with Crippen LogP contribution in [0.15, 0.2) is 0 Å². The molecule has 0 radical (unpaired) electrons. The van der Waals surface area contributed by atoms with Crippen molar-refractivity contribution in [1.29, 1.82) is 0 Å². The maximum absolute atomic E-state index is 13.3. The van der Waals surface area contributed by atoms with E-state index in [2.05, 4.69) is 20.8 Å². The van der Waals surface area contributed by atoms with Gasteiger partial charge in [-0.2, -0.15) is 0 Å². The molecule has 0 saturated heterocycles. The van der Waals surface area contributed by atoms with Gasteiger partial charge in [0, 0.05) is 13.2 Å². The second kappa shape index (κ2) is 44.0. The maximum Gasteiger partial charge on any atom is 0.344 e. The molecule has 0 aromatic carbocycles. The highest BCUT2D eigenvalue weighted by Crippen LogP contribution is 2.22. The molecule has 1 unspecified atom stereocenters. The van der Waals surface area contributed by atoms with Crippen molar-refractivity contribution < 1.29 is 28.5 Å². The fourth-order valence-electron chi connectivity index (χ4n) is 7.31. The van der Waals surface area contributed by atoms with Gasteiger partial charge < -0.3 is 18.9 Å². The molecule has 0 fully saturated rings. The molecule has 0 aromatic heterocycles. The van der Waals surface area contributed by atoms with Crippen LogP contribution in [0.5, 0.6) is 0 Å². The Bertz CT molecular complexity index is 787. The third-order valence-corrected chi connectivity index (χ3v) is 11.2. The minimum atomic E-state index is -0.954. The predicted octanol–water partition coefficient (Wildman–Crippen LogP) is 15.2. The Labute approximate surface area is 343 Å². The van der Waals surface area contributed by atoms with Crippen molar-refractivity contribution in [3.05, 3.63) is 0 Å². The SMILES string of the molecule is CCCCCCCCCCCCCCCOCC(C)(COCCCCCCCCCCCCC)C(=O)OCC(=O)OCCCCCCCCCCCCCC. The highest BCUT2D eigenvalue weighted by Gasteiger charge is 2.36. The lowest BCUT2D eigenvalue weighted by Crippen LogP contribution is -2.40. The van der Waals surface area contributed by atoms with E-state index in [4.69, 9.17) is 18.9 Å². The molecule has 328 valence electrons. The topological polar surface area (TPSA) is 71.1 Å². The lowest BCUT2D eigenvalue weighted by Gasteiger charge is -2.27. The van der Waals surface area contributed by atoms with Gasteiger partial charge in [0.25, 0.3) is 0 Å². The molecule has 0 rings (SSSR count). The summed E-state index contributed by atoms with van der Waals surface area (Å²) >= 11 is 0. The molecule has 0 amide bonds. The van der Waals surface area contributed by atoms with Gasteiger partial charge in [0.05, 0.1) is 19.8 Å². The molecule has 0 aliphatic rings. The second-order valence-corrected chi connectivity index (χ2v) is 17.1. The van der Waals surface area contributed by atoms with Gasteiger partial charge in [-0.1, -0.05) is 233 Å². The lowest BCUT2D eigenvalue weighted by atomic mass is 9.93. The van der Waals surface area contributed by atoms with Crippen LogP contribution < -0.4 is 0 Å². The first kappa shape index (κ1) is 53.9. The molecule has 1 atom stereocenters. The van der Waals surface area contributed by atoms with Crippen LogP contribution in [0.3, 0.4) is 0 Å². The maximum atomic E-state index is 13.3. The number of ether oxygens (including phenoxy) is 4. The summed E-state index contributed by atoms with van der Waals surface area (Å²) in [5.41, 5.74) is -0.954. The third kappa shape index (κ3) is 39.5. The highest BCUT2D eigenvalue weighted by atomic mass is 16.6. The normalized spacial score (nSPS) is 12.6. The predicted molar refractivity (Wildman–Crippen MR) is 235 cm³/mol. The van der Waals surface area contributed by atoms with Crippen LogP contribution in [-0.2, 0) is 28.5 Å². The van der Waals surface area contributed by atoms with Crippen molar-refractivity contribution in [2.75, 3.05) is 39.6 Å². The second-order valence-electron chi connectivity index (χ2n) is 17.1. The molecule has 0 N–H and O–H groups in total. The smallest absolute Gasteiger partial charge is 0.344 e. The van der Waals surface area contributed by atoms with E-state index in [1.54, 1.807) is 0 Å². The largest absolute Gasteiger partial charge is 0.463 e. The van der Waals surface area contributed by atoms with Crippen LogP contribution in [0.1, 0.15) is 259 Å². The Hall–Kier alpha value is -1.14. The molecule has 0 aliphatic carbocycles. The van der Waals surface area contributed by atoms with E-state index in [0.29, 0.717) is 19.8 Å². The Morgan fingerprint density at radius 1 is 0.345 bits per heavy atom. The molecule has 6 nitrogen and oxygen atoms in total. The number of hydrogen-bond acceptors (Lipinski definition) is 6. The van der Waals surface area contributed by atoms with Gasteiger partial charge in [-0.3, -0.25) is 4.79 Å². The van der Waals surface area contributed by atoms with Gasteiger partial charge in [0.15, 0.2) is 6.61 Å². The average molecular weight is 781 g/mol. The summed E-state index contributed by atoms with van der Waals surface area (Å²) in [7, 11) is 0. The number of rotatable bonds is 46. The first-order chi connectivity index (χ1) is 27.0. The number of esters is 2. The molecule has 0 heterocycles. The zero-order chi connectivity index (χ0) is 40.2. The number of hydrogen-bond donors (Lipinski definition) is 0. The van der Waals surface area contributed by atoms with E-state index in [1.165, 1.54) is 193 Å². The number of carbonyl (C=O) groups is 2. The Kier molecular flexibility index (Phi) is 43.1. The van der Waals surface area contributed by atoms with Gasteiger partial charge >= 0.3 is 11.9 Å². The van der Waals surface area contributed by atoms with Crippen LogP contribution in [-0.4, -0.2) is 51.6 Å². The Balaban J connectivity index is 4.32. The van der Waals surface area contributed by atoms with E-state index in [-0.39, 0.29) is 19.8 Å². The average Bonchev–Trinajstić information content (AvgIpc) is 3.19. The molecule has 0 aromatic rings. The number of unbranched alkanes of at least 4 members (excludes halogenated alkanes) is 33. The number of carbonyl (C=O) groups excluding carboxylic acids is 2. The van der Waals surface area contributed by atoms with E-state index < -0.39 is 17.4 Å². The van der Waals surface area contributed by atoms with E-state index in [1.807, 2.05) is 6.92 Å². The third-order valence-electron chi connectivity index (χ3n) is 11.2. The molecule has 0 spiro atoms. The summed E-state index contributed by atoms with van der Waals surface area (Å²) in [5.74, 6) is -0.923. The van der Waals surface area contributed by atoms with Gasteiger partial charge in [-0.25, -0.2) is 4.79 Å². The minimum Gasteiger partial charge on any atom is -0.463 e. The summed E-state index contributed by atoms with van der Waals surface area (Å²) in [4.78, 5) is 25.7. The molecule has 0 saturated carbocycles. The first-order valence-corrected chi connectivity index (χ1v) is 24.5. The summed E-state index contributed by atoms with van der Waals surface area (Å²) in [5, 5.41) is 0. The monoisotopic (exact) mass is 781 g/mol. The first-order valence-electron chi connectivity index (χ1n) is 24.5. The highest BCUT2D eigenvalue weighted by molar-refractivity contribution is 5.80. The van der Waals surface area contributed by atoms with E-state index in [0.717, 1.165) is 38.5 Å². The van der Waals surface area contributed by atoms with E-state index in [9.17, 15) is 9.59 Å². The van der Waals surface area contributed by atoms with Gasteiger partial charge in [0.2, 0.25) is 0 Å². The fourth-order valence-corrected chi connectivity index (χ4v) is 7.31. The van der Waals surface area contributed by atoms with Crippen LogP contribution in [0.2, 0.25) is 0 Å². The summed E-state index contributed by atoms with van der Waals surface area (Å²) in [6.45, 7) is 10.4. The summed E-state index contributed by atoms with van der Waals surface area (Å²) < 4.78 is 23.0.